The maximum Gasteiger partial charge on any atom is 0.277 e. The van der Waals surface area contributed by atoms with Gasteiger partial charge in [-0.1, -0.05) is 30.3 Å². The molecule has 0 atom stereocenters. The van der Waals surface area contributed by atoms with Crippen molar-refractivity contribution >= 4 is 76.4 Å². The first-order valence-corrected chi connectivity index (χ1v) is 10.9. The lowest BCUT2D eigenvalue weighted by Crippen LogP contribution is -2.23. The minimum absolute atomic E-state index is 0.0687. The minimum Gasteiger partial charge on any atom is -0.506 e. The van der Waals surface area contributed by atoms with Crippen LogP contribution in [0.2, 0.25) is 0 Å². The number of amides is 1. The predicted molar refractivity (Wildman–Crippen MR) is 124 cm³/mol. The number of fused-ring (bicyclic) bond motifs is 1. The molecule has 29 heavy (non-hydrogen) atoms. The fraction of sp³-hybridized carbons (Fsp3) is 0. The Morgan fingerprint density at radius 2 is 1.66 bits per heavy atom. The van der Waals surface area contributed by atoms with Crippen molar-refractivity contribution < 1.29 is 9.90 Å². The van der Waals surface area contributed by atoms with E-state index in [1.807, 2.05) is 54.6 Å². The Balaban J connectivity index is 1.81. The molecule has 0 spiro atoms. The maximum absolute atomic E-state index is 13.1. The van der Waals surface area contributed by atoms with E-state index in [0.717, 1.165) is 10.2 Å². The molecule has 1 aromatic heterocycles. The predicted octanol–water partition coefficient (Wildman–Crippen LogP) is 6.29. The second-order valence-electron chi connectivity index (χ2n) is 6.03. The maximum atomic E-state index is 13.1. The van der Waals surface area contributed by atoms with E-state index in [9.17, 15) is 9.90 Å². The monoisotopic (exact) mass is 529 g/mol. The van der Waals surface area contributed by atoms with E-state index >= 15 is 0 Å². The Labute approximate surface area is 187 Å². The van der Waals surface area contributed by atoms with Crippen LogP contribution in [0.3, 0.4) is 0 Å². The number of phenolic OH excluding ortho intramolecular Hbond substituents is 1. The van der Waals surface area contributed by atoms with Crippen molar-refractivity contribution in [2.24, 2.45) is 4.99 Å². The number of thiazole rings is 1. The van der Waals surface area contributed by atoms with Crippen LogP contribution in [-0.2, 0) is 4.79 Å². The first-order chi connectivity index (χ1) is 14.0. The lowest BCUT2D eigenvalue weighted by Gasteiger charge is -2.07. The van der Waals surface area contributed by atoms with Gasteiger partial charge in [-0.05, 0) is 68.3 Å². The van der Waals surface area contributed by atoms with Gasteiger partial charge in [0.15, 0.2) is 5.71 Å². The number of anilines is 1. The third-order valence-corrected chi connectivity index (χ3v) is 6.24. The molecule has 0 saturated heterocycles. The van der Waals surface area contributed by atoms with Crippen LogP contribution in [0.25, 0.3) is 10.2 Å². The molecular weight excluding hydrogens is 518 g/mol. The van der Waals surface area contributed by atoms with Crippen LogP contribution in [0.1, 0.15) is 5.01 Å². The number of aliphatic imine (C=N–C) groups is 1. The summed E-state index contributed by atoms with van der Waals surface area (Å²) in [4.78, 5) is 22.2. The number of phenols is 1. The molecule has 0 bridgehead atoms. The van der Waals surface area contributed by atoms with Crippen molar-refractivity contribution in [2.45, 2.75) is 0 Å². The molecule has 144 valence electrons. The van der Waals surface area contributed by atoms with Crippen LogP contribution >= 0.6 is 43.2 Å². The largest absolute Gasteiger partial charge is 0.506 e. The smallest absolute Gasteiger partial charge is 0.277 e. The van der Waals surface area contributed by atoms with Crippen molar-refractivity contribution in [2.75, 3.05) is 5.32 Å². The molecule has 0 radical (unpaired) electrons. The summed E-state index contributed by atoms with van der Waals surface area (Å²) in [6, 6.07) is 20.2. The highest BCUT2D eigenvalue weighted by Gasteiger charge is 2.20. The van der Waals surface area contributed by atoms with Gasteiger partial charge in [-0.3, -0.25) is 4.79 Å². The molecule has 2 N–H and O–H groups in total. The number of nitrogens with zero attached hydrogens (tertiary/aromatic N) is 2. The van der Waals surface area contributed by atoms with Crippen LogP contribution in [0.15, 0.2) is 80.7 Å². The standard InChI is InChI=1S/C21H13Br2N3O2S/c22-14-10-13(11-15(23)19(14)27)24-18(20(28)25-12-6-2-1-3-7-12)21-26-16-8-4-5-9-17(16)29-21/h1-11,27H,(H,25,28). The number of aromatic nitrogens is 1. The van der Waals surface area contributed by atoms with E-state index in [2.05, 4.69) is 47.2 Å². The Bertz CT molecular complexity index is 1180. The Morgan fingerprint density at radius 3 is 2.34 bits per heavy atom. The highest BCUT2D eigenvalue weighted by atomic mass is 79.9. The van der Waals surface area contributed by atoms with Crippen LogP contribution in [0.5, 0.6) is 5.75 Å². The molecule has 5 nitrogen and oxygen atoms in total. The van der Waals surface area contributed by atoms with Gasteiger partial charge in [-0.25, -0.2) is 9.98 Å². The number of carbonyl (C=O) groups excluding carboxylic acids is 1. The first kappa shape index (κ1) is 19.8. The van der Waals surface area contributed by atoms with Gasteiger partial charge in [-0.15, -0.1) is 11.3 Å². The van der Waals surface area contributed by atoms with Gasteiger partial charge in [0, 0.05) is 5.69 Å². The average molecular weight is 531 g/mol. The summed E-state index contributed by atoms with van der Waals surface area (Å²) in [5.41, 5.74) is 2.17. The number of benzene rings is 3. The normalized spacial score (nSPS) is 11.6. The summed E-state index contributed by atoms with van der Waals surface area (Å²) in [5, 5.41) is 13.3. The van der Waals surface area contributed by atoms with Crippen molar-refractivity contribution in [1.82, 2.24) is 4.98 Å². The highest BCUT2D eigenvalue weighted by molar-refractivity contribution is 9.11. The van der Waals surface area contributed by atoms with Gasteiger partial charge in [-0.2, -0.15) is 0 Å². The number of hydrogen-bond acceptors (Lipinski definition) is 5. The molecule has 0 unspecified atom stereocenters. The molecule has 4 aromatic rings. The first-order valence-electron chi connectivity index (χ1n) is 8.50. The van der Waals surface area contributed by atoms with Gasteiger partial charge in [0.05, 0.1) is 24.8 Å². The van der Waals surface area contributed by atoms with Gasteiger partial charge >= 0.3 is 0 Å². The van der Waals surface area contributed by atoms with E-state index in [-0.39, 0.29) is 17.4 Å². The molecule has 0 saturated carbocycles. The summed E-state index contributed by atoms with van der Waals surface area (Å²) in [5.74, 6) is -0.296. The van der Waals surface area contributed by atoms with E-state index in [0.29, 0.717) is 25.3 Å². The quantitative estimate of drug-likeness (QED) is 0.304. The molecule has 0 fully saturated rings. The zero-order valence-electron chi connectivity index (χ0n) is 14.8. The number of para-hydroxylation sites is 2. The molecule has 0 aliphatic carbocycles. The molecule has 3 aromatic carbocycles. The second-order valence-corrected chi connectivity index (χ2v) is 8.76. The molecule has 8 heteroatoms. The van der Waals surface area contributed by atoms with E-state index < -0.39 is 0 Å². The van der Waals surface area contributed by atoms with Crippen LogP contribution in [-0.4, -0.2) is 21.7 Å². The average Bonchev–Trinajstić information content (AvgIpc) is 3.14. The summed E-state index contributed by atoms with van der Waals surface area (Å²) in [6.45, 7) is 0. The Hall–Kier alpha value is -2.55. The van der Waals surface area contributed by atoms with Crippen LogP contribution in [0.4, 0.5) is 11.4 Å². The summed E-state index contributed by atoms with van der Waals surface area (Å²) < 4.78 is 1.91. The molecule has 0 aliphatic heterocycles. The fourth-order valence-electron chi connectivity index (χ4n) is 2.63. The molecule has 1 amide bonds. The van der Waals surface area contributed by atoms with Gasteiger partial charge in [0.1, 0.15) is 10.8 Å². The number of aromatic hydroxyl groups is 1. The van der Waals surface area contributed by atoms with E-state index in [1.54, 1.807) is 12.1 Å². The Kier molecular flexibility index (Phi) is 5.75. The summed E-state index contributed by atoms with van der Waals surface area (Å²) in [7, 11) is 0. The Morgan fingerprint density at radius 1 is 1.00 bits per heavy atom. The molecule has 4 rings (SSSR count). The van der Waals surface area contributed by atoms with Crippen LogP contribution in [0, 0.1) is 0 Å². The van der Waals surface area contributed by atoms with Crippen molar-refractivity contribution in [1.29, 1.82) is 0 Å². The fourth-order valence-corrected chi connectivity index (χ4v) is 4.74. The molecule has 1 heterocycles. The third-order valence-electron chi connectivity index (χ3n) is 3.99. The number of carbonyl (C=O) groups is 1. The second kappa shape index (κ2) is 8.44. The number of hydrogen-bond donors (Lipinski definition) is 2. The van der Waals surface area contributed by atoms with Crippen molar-refractivity contribution in [3.8, 4) is 5.75 Å². The molecular formula is C21H13Br2N3O2S. The zero-order chi connectivity index (χ0) is 20.4. The van der Waals surface area contributed by atoms with E-state index in [4.69, 9.17) is 0 Å². The van der Waals surface area contributed by atoms with Gasteiger partial charge < -0.3 is 10.4 Å². The highest BCUT2D eigenvalue weighted by Crippen LogP contribution is 2.36. The van der Waals surface area contributed by atoms with Gasteiger partial charge in [0.25, 0.3) is 5.91 Å². The van der Waals surface area contributed by atoms with Crippen molar-refractivity contribution in [3.05, 3.63) is 80.7 Å². The topological polar surface area (TPSA) is 74.6 Å². The lowest BCUT2D eigenvalue weighted by atomic mass is 10.2. The number of nitrogens with one attached hydrogen (secondary N) is 1. The van der Waals surface area contributed by atoms with Crippen LogP contribution < -0.4 is 5.32 Å². The SMILES string of the molecule is O=C(Nc1ccccc1)C(=Nc1cc(Br)c(O)c(Br)c1)c1nc2ccccc2s1. The zero-order valence-corrected chi connectivity index (χ0v) is 18.8. The van der Waals surface area contributed by atoms with E-state index in [1.165, 1.54) is 11.3 Å². The molecule has 0 aliphatic rings. The lowest BCUT2D eigenvalue weighted by molar-refractivity contribution is -0.110. The number of halogens is 2. The minimum atomic E-state index is -0.365. The van der Waals surface area contributed by atoms with Gasteiger partial charge in [0.2, 0.25) is 0 Å². The third kappa shape index (κ3) is 4.39. The number of rotatable bonds is 4. The summed E-state index contributed by atoms with van der Waals surface area (Å²) >= 11 is 8.00. The summed E-state index contributed by atoms with van der Waals surface area (Å²) in [6.07, 6.45) is 0. The van der Waals surface area contributed by atoms with Crippen molar-refractivity contribution in [3.63, 3.8) is 0 Å².